The molecule has 20 heavy (non-hydrogen) atoms. The zero-order chi connectivity index (χ0) is 13.9. The van der Waals surface area contributed by atoms with Crippen molar-refractivity contribution in [1.82, 2.24) is 5.32 Å². The van der Waals surface area contributed by atoms with Gasteiger partial charge >= 0.3 is 0 Å². The fraction of sp³-hybridized carbons (Fsp3) is 0.533. The minimum atomic E-state index is 0.0617. The van der Waals surface area contributed by atoms with Crippen LogP contribution in [0.4, 0.5) is 5.69 Å². The van der Waals surface area contributed by atoms with Crippen LogP contribution in [0, 0.1) is 5.92 Å². The summed E-state index contributed by atoms with van der Waals surface area (Å²) in [6.07, 6.45) is 1.75. The Morgan fingerprint density at radius 3 is 3.05 bits per heavy atom. The lowest BCUT2D eigenvalue weighted by atomic mass is 9.92. The van der Waals surface area contributed by atoms with Crippen molar-refractivity contribution in [2.75, 3.05) is 25.1 Å². The molecule has 0 spiro atoms. The van der Waals surface area contributed by atoms with Crippen LogP contribution in [-0.2, 0) is 4.79 Å². The highest BCUT2D eigenvalue weighted by molar-refractivity contribution is 5.94. The molecule has 0 saturated carbocycles. The molecule has 1 aromatic carbocycles. The number of hydrogen-bond acceptors (Lipinski definition) is 4. The first-order chi connectivity index (χ1) is 9.74. The first kappa shape index (κ1) is 13.2. The maximum atomic E-state index is 12.4. The number of carbonyl (C=O) groups is 1. The molecule has 2 heterocycles. The Kier molecular flexibility index (Phi) is 3.78. The number of piperidine rings is 1. The molecule has 1 aromatic rings. The Morgan fingerprint density at radius 1 is 1.35 bits per heavy atom. The molecule has 1 amide bonds. The molecule has 2 atom stereocenters. The van der Waals surface area contributed by atoms with Gasteiger partial charge in [0.05, 0.1) is 5.69 Å². The van der Waals surface area contributed by atoms with E-state index in [1.807, 2.05) is 18.2 Å². The van der Waals surface area contributed by atoms with Gasteiger partial charge in [0.15, 0.2) is 11.5 Å². The van der Waals surface area contributed by atoms with E-state index in [1.54, 1.807) is 0 Å². The van der Waals surface area contributed by atoms with Gasteiger partial charge in [0.1, 0.15) is 13.2 Å². The minimum absolute atomic E-state index is 0.0617. The summed E-state index contributed by atoms with van der Waals surface area (Å²) in [6, 6.07) is 5.98. The lowest BCUT2D eigenvalue weighted by molar-refractivity contribution is -0.120. The molecule has 2 aliphatic heterocycles. The van der Waals surface area contributed by atoms with Crippen molar-refractivity contribution in [1.29, 1.82) is 0 Å². The molecular formula is C15H20N2O3. The van der Waals surface area contributed by atoms with E-state index < -0.39 is 0 Å². The lowest BCUT2D eigenvalue weighted by Crippen LogP contribution is -2.40. The summed E-state index contributed by atoms with van der Waals surface area (Å²) in [7, 11) is 0. The molecule has 0 radical (unpaired) electrons. The summed E-state index contributed by atoms with van der Waals surface area (Å²) in [5.74, 6) is 1.48. The van der Waals surface area contributed by atoms with Crippen molar-refractivity contribution >= 4 is 11.6 Å². The number of nitrogens with one attached hydrogen (secondary N) is 2. The molecule has 0 unspecified atom stereocenters. The second-order valence-electron chi connectivity index (χ2n) is 5.40. The number of para-hydroxylation sites is 1. The summed E-state index contributed by atoms with van der Waals surface area (Å²) in [6.45, 7) is 4.08. The fourth-order valence-corrected chi connectivity index (χ4v) is 2.78. The predicted molar refractivity (Wildman–Crippen MR) is 76.3 cm³/mol. The molecule has 2 N–H and O–H groups in total. The van der Waals surface area contributed by atoms with E-state index in [1.165, 1.54) is 0 Å². The molecule has 2 aliphatic rings. The van der Waals surface area contributed by atoms with E-state index in [2.05, 4.69) is 17.6 Å². The molecule has 1 fully saturated rings. The molecule has 108 valence electrons. The van der Waals surface area contributed by atoms with Gasteiger partial charge in [-0.2, -0.15) is 0 Å². The van der Waals surface area contributed by atoms with Gasteiger partial charge in [-0.15, -0.1) is 0 Å². The van der Waals surface area contributed by atoms with E-state index >= 15 is 0 Å². The molecule has 0 aromatic heterocycles. The van der Waals surface area contributed by atoms with Gasteiger partial charge in [-0.25, -0.2) is 0 Å². The van der Waals surface area contributed by atoms with Gasteiger partial charge in [-0.3, -0.25) is 4.79 Å². The van der Waals surface area contributed by atoms with Crippen molar-refractivity contribution in [3.05, 3.63) is 18.2 Å². The average molecular weight is 276 g/mol. The van der Waals surface area contributed by atoms with E-state index in [0.29, 0.717) is 36.4 Å². The second-order valence-corrected chi connectivity index (χ2v) is 5.40. The molecule has 5 nitrogen and oxygen atoms in total. The topological polar surface area (TPSA) is 59.6 Å². The van der Waals surface area contributed by atoms with Gasteiger partial charge in [-0.05, 0) is 38.4 Å². The summed E-state index contributed by atoms with van der Waals surface area (Å²) in [5.41, 5.74) is 0.707. The van der Waals surface area contributed by atoms with E-state index in [4.69, 9.17) is 9.47 Å². The molecule has 1 saturated heterocycles. The first-order valence-corrected chi connectivity index (χ1v) is 7.17. The number of hydrogen-bond donors (Lipinski definition) is 2. The number of carbonyl (C=O) groups excluding carboxylic acids is 1. The van der Waals surface area contributed by atoms with Crippen molar-refractivity contribution in [3.63, 3.8) is 0 Å². The smallest absolute Gasteiger partial charge is 0.227 e. The van der Waals surface area contributed by atoms with Gasteiger partial charge in [0.25, 0.3) is 0 Å². The van der Waals surface area contributed by atoms with Gasteiger partial charge in [-0.1, -0.05) is 6.07 Å². The molecule has 0 bridgehead atoms. The minimum Gasteiger partial charge on any atom is -0.486 e. The van der Waals surface area contributed by atoms with E-state index in [9.17, 15) is 4.79 Å². The lowest BCUT2D eigenvalue weighted by Gasteiger charge is -2.28. The largest absolute Gasteiger partial charge is 0.486 e. The maximum absolute atomic E-state index is 12.4. The third-order valence-corrected chi connectivity index (χ3v) is 3.82. The quantitative estimate of drug-likeness (QED) is 0.864. The zero-order valence-corrected chi connectivity index (χ0v) is 11.6. The van der Waals surface area contributed by atoms with Gasteiger partial charge in [0.2, 0.25) is 5.91 Å². The van der Waals surface area contributed by atoms with Crippen LogP contribution in [0.5, 0.6) is 11.5 Å². The first-order valence-electron chi connectivity index (χ1n) is 7.17. The van der Waals surface area contributed by atoms with Crippen molar-refractivity contribution in [2.24, 2.45) is 5.92 Å². The highest BCUT2D eigenvalue weighted by Crippen LogP contribution is 2.37. The van der Waals surface area contributed by atoms with Crippen LogP contribution in [-0.4, -0.2) is 31.7 Å². The zero-order valence-electron chi connectivity index (χ0n) is 11.6. The molecule has 3 rings (SSSR count). The Hall–Kier alpha value is -1.75. The van der Waals surface area contributed by atoms with E-state index in [-0.39, 0.29) is 11.8 Å². The summed E-state index contributed by atoms with van der Waals surface area (Å²) < 4.78 is 11.1. The Balaban J connectivity index is 1.72. The predicted octanol–water partition coefficient (Wildman–Crippen LogP) is 1.78. The monoisotopic (exact) mass is 276 g/mol. The highest BCUT2D eigenvalue weighted by atomic mass is 16.6. The summed E-state index contributed by atoms with van der Waals surface area (Å²) >= 11 is 0. The maximum Gasteiger partial charge on any atom is 0.227 e. The highest BCUT2D eigenvalue weighted by Gasteiger charge is 2.26. The van der Waals surface area contributed by atoms with E-state index in [0.717, 1.165) is 19.4 Å². The number of amides is 1. The molecule has 0 aliphatic carbocycles. The number of rotatable bonds is 2. The van der Waals surface area contributed by atoms with Crippen LogP contribution >= 0.6 is 0 Å². The number of benzene rings is 1. The summed E-state index contributed by atoms with van der Waals surface area (Å²) in [4.78, 5) is 12.4. The van der Waals surface area contributed by atoms with Gasteiger partial charge in [0, 0.05) is 12.0 Å². The Bertz CT molecular complexity index is 504. The normalized spacial score (nSPS) is 25.1. The van der Waals surface area contributed by atoms with Crippen molar-refractivity contribution in [3.8, 4) is 11.5 Å². The van der Waals surface area contributed by atoms with Crippen LogP contribution in [0.1, 0.15) is 19.8 Å². The van der Waals surface area contributed by atoms with Crippen LogP contribution in [0.2, 0.25) is 0 Å². The van der Waals surface area contributed by atoms with Crippen LogP contribution < -0.4 is 20.1 Å². The molecular weight excluding hydrogens is 256 g/mol. The number of anilines is 1. The standard InChI is InChI=1S/C15H20N2O3/c1-10-9-11(5-6-16-10)15(18)17-12-3-2-4-13-14(12)20-8-7-19-13/h2-4,10-11,16H,5-9H2,1H3,(H,17,18)/t10-,11-/m0/s1. The second kappa shape index (κ2) is 5.71. The number of ether oxygens (including phenoxy) is 2. The average Bonchev–Trinajstić information content (AvgIpc) is 2.47. The SMILES string of the molecule is C[C@H]1C[C@@H](C(=O)Nc2cccc3c2OCCO3)CCN1. The van der Waals surface area contributed by atoms with Crippen LogP contribution in [0.25, 0.3) is 0 Å². The van der Waals surface area contributed by atoms with Crippen LogP contribution in [0.15, 0.2) is 18.2 Å². The molecule has 5 heteroatoms. The third-order valence-electron chi connectivity index (χ3n) is 3.82. The third kappa shape index (κ3) is 2.72. The van der Waals surface area contributed by atoms with Crippen molar-refractivity contribution in [2.45, 2.75) is 25.8 Å². The van der Waals surface area contributed by atoms with Crippen LogP contribution in [0.3, 0.4) is 0 Å². The number of fused-ring (bicyclic) bond motifs is 1. The Morgan fingerprint density at radius 2 is 2.20 bits per heavy atom. The van der Waals surface area contributed by atoms with Crippen molar-refractivity contribution < 1.29 is 14.3 Å². The summed E-state index contributed by atoms with van der Waals surface area (Å²) in [5, 5.41) is 6.34. The van der Waals surface area contributed by atoms with Gasteiger partial charge < -0.3 is 20.1 Å². The Labute approximate surface area is 118 Å². The fourth-order valence-electron chi connectivity index (χ4n) is 2.78.